The number of ether oxygens (including phenoxy) is 1. The van der Waals surface area contributed by atoms with Crippen LogP contribution in [-0.4, -0.2) is 30.9 Å². The van der Waals surface area contributed by atoms with E-state index in [9.17, 15) is 14.4 Å². The molecule has 0 aliphatic rings. The molecule has 2 aromatic carbocycles. The summed E-state index contributed by atoms with van der Waals surface area (Å²) < 4.78 is 5.10. The number of rotatable bonds is 8. The number of anilines is 2. The Hall–Kier alpha value is -3.92. The Bertz CT molecular complexity index is 886. The van der Waals surface area contributed by atoms with Crippen LogP contribution in [0.25, 0.3) is 0 Å². The van der Waals surface area contributed by atoms with E-state index in [4.69, 9.17) is 10.00 Å². The van der Waals surface area contributed by atoms with E-state index in [1.165, 1.54) is 29.2 Å². The molecule has 2 aromatic rings. The number of amides is 2. The van der Waals surface area contributed by atoms with Gasteiger partial charge in [0.2, 0.25) is 5.91 Å². The molecule has 0 heterocycles. The van der Waals surface area contributed by atoms with E-state index < -0.39 is 18.5 Å². The Morgan fingerprint density at radius 3 is 2.39 bits per heavy atom. The molecular weight excluding hydrogens is 358 g/mol. The molecule has 7 heteroatoms. The van der Waals surface area contributed by atoms with Crippen molar-refractivity contribution in [2.75, 3.05) is 23.4 Å². The molecule has 28 heavy (non-hydrogen) atoms. The van der Waals surface area contributed by atoms with Crippen LogP contribution in [-0.2, 0) is 14.3 Å². The molecule has 2 amide bonds. The number of esters is 1. The summed E-state index contributed by atoms with van der Waals surface area (Å²) in [6.45, 7) is 3.52. The zero-order valence-corrected chi connectivity index (χ0v) is 15.1. The summed E-state index contributed by atoms with van der Waals surface area (Å²) in [4.78, 5) is 37.4. The van der Waals surface area contributed by atoms with Crippen molar-refractivity contribution in [2.45, 2.75) is 6.42 Å². The van der Waals surface area contributed by atoms with Gasteiger partial charge < -0.3 is 15.0 Å². The Labute approximate surface area is 162 Å². The Balaban J connectivity index is 1.95. The molecule has 0 saturated carbocycles. The third-order valence-electron chi connectivity index (χ3n) is 3.65. The lowest BCUT2D eigenvalue weighted by atomic mass is 10.2. The molecule has 1 N–H and O–H groups in total. The van der Waals surface area contributed by atoms with Crippen LogP contribution in [0, 0.1) is 11.3 Å². The highest BCUT2D eigenvalue weighted by Gasteiger charge is 2.17. The number of nitrogens with one attached hydrogen (secondary N) is 1. The predicted octanol–water partition coefficient (Wildman–Crippen LogP) is 2.91. The molecule has 0 aliphatic heterocycles. The maximum Gasteiger partial charge on any atom is 0.338 e. The highest BCUT2D eigenvalue weighted by Crippen LogP contribution is 2.14. The minimum Gasteiger partial charge on any atom is -0.452 e. The maximum atomic E-state index is 12.4. The summed E-state index contributed by atoms with van der Waals surface area (Å²) in [6, 6.07) is 16.7. The molecule has 0 spiro atoms. The van der Waals surface area contributed by atoms with Crippen molar-refractivity contribution in [3.05, 3.63) is 72.8 Å². The first kappa shape index (κ1) is 20.4. The van der Waals surface area contributed by atoms with E-state index in [1.54, 1.807) is 24.3 Å². The summed E-state index contributed by atoms with van der Waals surface area (Å²) in [5.41, 5.74) is 1.37. The second kappa shape index (κ2) is 10.3. The Morgan fingerprint density at radius 1 is 1.11 bits per heavy atom. The van der Waals surface area contributed by atoms with Crippen molar-refractivity contribution in [3.8, 4) is 6.07 Å². The van der Waals surface area contributed by atoms with Crippen molar-refractivity contribution in [3.63, 3.8) is 0 Å². The number of para-hydroxylation sites is 1. The van der Waals surface area contributed by atoms with Gasteiger partial charge in [-0.1, -0.05) is 24.3 Å². The number of benzene rings is 2. The maximum absolute atomic E-state index is 12.4. The highest BCUT2D eigenvalue weighted by atomic mass is 16.5. The summed E-state index contributed by atoms with van der Waals surface area (Å²) in [7, 11) is 0. The van der Waals surface area contributed by atoms with Crippen LogP contribution < -0.4 is 10.2 Å². The summed E-state index contributed by atoms with van der Waals surface area (Å²) in [5, 5.41) is 11.0. The van der Waals surface area contributed by atoms with Gasteiger partial charge in [-0.05, 0) is 36.4 Å². The second-order valence-electron chi connectivity index (χ2n) is 5.67. The van der Waals surface area contributed by atoms with Gasteiger partial charge in [0.25, 0.3) is 5.91 Å². The Kier molecular flexibility index (Phi) is 7.49. The van der Waals surface area contributed by atoms with Crippen molar-refractivity contribution < 1.29 is 19.1 Å². The third kappa shape index (κ3) is 5.81. The van der Waals surface area contributed by atoms with Gasteiger partial charge in [-0.15, -0.1) is 6.58 Å². The third-order valence-corrected chi connectivity index (χ3v) is 3.65. The molecule has 7 nitrogen and oxygen atoms in total. The number of carbonyl (C=O) groups excluding carboxylic acids is 3. The fourth-order valence-electron chi connectivity index (χ4n) is 2.34. The van der Waals surface area contributed by atoms with Gasteiger partial charge in [-0.25, -0.2) is 4.79 Å². The smallest absolute Gasteiger partial charge is 0.338 e. The van der Waals surface area contributed by atoms with Crippen LogP contribution >= 0.6 is 0 Å². The van der Waals surface area contributed by atoms with E-state index >= 15 is 0 Å². The molecule has 0 atom stereocenters. The molecular formula is C21H19N3O4. The summed E-state index contributed by atoms with van der Waals surface area (Å²) >= 11 is 0. The van der Waals surface area contributed by atoms with E-state index in [2.05, 4.69) is 11.9 Å². The minimum atomic E-state index is -0.658. The van der Waals surface area contributed by atoms with Crippen LogP contribution in [0.4, 0.5) is 11.4 Å². The van der Waals surface area contributed by atoms with Crippen molar-refractivity contribution in [1.29, 1.82) is 5.26 Å². The van der Waals surface area contributed by atoms with Crippen LogP contribution in [0.5, 0.6) is 0 Å². The monoisotopic (exact) mass is 377 g/mol. The first-order valence-electron chi connectivity index (χ1n) is 8.45. The summed E-state index contributed by atoms with van der Waals surface area (Å²) in [5.74, 6) is -1.47. The largest absolute Gasteiger partial charge is 0.452 e. The molecule has 0 fully saturated rings. The van der Waals surface area contributed by atoms with Gasteiger partial charge in [-0.3, -0.25) is 9.59 Å². The van der Waals surface area contributed by atoms with E-state index in [1.807, 2.05) is 18.2 Å². The molecule has 0 bridgehead atoms. The molecule has 142 valence electrons. The van der Waals surface area contributed by atoms with Crippen LogP contribution in [0.15, 0.2) is 67.3 Å². The molecule has 2 rings (SSSR count). The zero-order chi connectivity index (χ0) is 20.4. The van der Waals surface area contributed by atoms with Gasteiger partial charge in [0.15, 0.2) is 6.61 Å². The predicted molar refractivity (Wildman–Crippen MR) is 105 cm³/mol. The number of carbonyl (C=O) groups is 3. The van der Waals surface area contributed by atoms with Gasteiger partial charge in [-0.2, -0.15) is 5.26 Å². The lowest BCUT2D eigenvalue weighted by Gasteiger charge is -2.21. The second-order valence-corrected chi connectivity index (χ2v) is 5.67. The average Bonchev–Trinajstić information content (AvgIpc) is 2.71. The van der Waals surface area contributed by atoms with Gasteiger partial charge in [0, 0.05) is 17.9 Å². The van der Waals surface area contributed by atoms with Crippen LogP contribution in [0.3, 0.4) is 0 Å². The summed E-state index contributed by atoms with van der Waals surface area (Å²) in [6.07, 6.45) is 1.33. The van der Waals surface area contributed by atoms with E-state index in [0.29, 0.717) is 11.4 Å². The molecule has 0 radical (unpaired) electrons. The minimum absolute atomic E-state index is 0.237. The van der Waals surface area contributed by atoms with Crippen LogP contribution in [0.1, 0.15) is 16.8 Å². The number of hydrogen-bond donors (Lipinski definition) is 1. The fraction of sp³-hybridized carbons (Fsp3) is 0.143. The first-order valence-corrected chi connectivity index (χ1v) is 8.45. The van der Waals surface area contributed by atoms with Crippen molar-refractivity contribution in [2.24, 2.45) is 0 Å². The zero-order valence-electron chi connectivity index (χ0n) is 15.1. The van der Waals surface area contributed by atoms with Gasteiger partial charge >= 0.3 is 5.97 Å². The number of nitrogens with zero attached hydrogens (tertiary/aromatic N) is 2. The first-order chi connectivity index (χ1) is 13.5. The van der Waals surface area contributed by atoms with Gasteiger partial charge in [0.05, 0.1) is 11.6 Å². The normalized spacial score (nSPS) is 9.68. The standard InChI is InChI=1S/C21H19N3O4/c1-2-14-24(18-6-4-3-5-7-18)20(26)15-28-21(27)16-8-10-17(11-9-16)23-19(25)12-13-22/h2-11H,1,12,14-15H2,(H,23,25). The highest BCUT2D eigenvalue weighted by molar-refractivity contribution is 5.97. The molecule has 0 saturated heterocycles. The van der Waals surface area contributed by atoms with E-state index in [0.717, 1.165) is 0 Å². The lowest BCUT2D eigenvalue weighted by Crippen LogP contribution is -2.34. The van der Waals surface area contributed by atoms with Crippen molar-refractivity contribution >= 4 is 29.2 Å². The van der Waals surface area contributed by atoms with Crippen LogP contribution in [0.2, 0.25) is 0 Å². The average molecular weight is 377 g/mol. The fourth-order valence-corrected chi connectivity index (χ4v) is 2.34. The number of hydrogen-bond acceptors (Lipinski definition) is 5. The molecule has 0 aliphatic carbocycles. The van der Waals surface area contributed by atoms with E-state index in [-0.39, 0.29) is 24.4 Å². The van der Waals surface area contributed by atoms with Gasteiger partial charge in [0.1, 0.15) is 6.42 Å². The molecule has 0 unspecified atom stereocenters. The SMILES string of the molecule is C=CCN(C(=O)COC(=O)c1ccc(NC(=O)CC#N)cc1)c1ccccc1. The lowest BCUT2D eigenvalue weighted by molar-refractivity contribution is -0.121. The molecule has 0 aromatic heterocycles. The Morgan fingerprint density at radius 2 is 1.79 bits per heavy atom. The topological polar surface area (TPSA) is 99.5 Å². The quantitative estimate of drug-likeness (QED) is 0.563. The number of nitriles is 1. The van der Waals surface area contributed by atoms with Crippen molar-refractivity contribution in [1.82, 2.24) is 0 Å².